The predicted molar refractivity (Wildman–Crippen MR) is 233 cm³/mol. The second-order valence-corrected chi connectivity index (χ2v) is 21.5. The first kappa shape index (κ1) is 52.6. The fourth-order valence-corrected chi connectivity index (χ4v) is 10.6. The van der Waals surface area contributed by atoms with Crippen molar-refractivity contribution in [2.24, 2.45) is 0 Å². The molecule has 64 heavy (non-hydrogen) atoms. The third-order valence-corrected chi connectivity index (χ3v) is 14.1. The van der Waals surface area contributed by atoms with Crippen molar-refractivity contribution in [2.45, 2.75) is 115 Å². The molecule has 0 amide bonds. The Morgan fingerprint density at radius 1 is 0.734 bits per heavy atom. The van der Waals surface area contributed by atoms with Crippen LogP contribution in [0.3, 0.4) is 0 Å². The number of aryl methyl sites for hydroxylation is 1. The van der Waals surface area contributed by atoms with Crippen LogP contribution in [-0.2, 0) is 52.2 Å². The van der Waals surface area contributed by atoms with Crippen LogP contribution in [0.4, 0.5) is 33.3 Å². The molecule has 2 aromatic rings. The maximum atomic E-state index is 15.8. The molecule has 2 aromatic carbocycles. The minimum Gasteiger partial charge on any atom is -0.481 e. The number of rotatable bonds is 24. The number of anilines is 1. The molecule has 2 aliphatic rings. The molecule has 21 heteroatoms. The second kappa shape index (κ2) is 21.1. The van der Waals surface area contributed by atoms with Crippen LogP contribution in [-0.4, -0.2) is 90.6 Å². The van der Waals surface area contributed by atoms with E-state index in [1.165, 1.54) is 6.92 Å². The van der Waals surface area contributed by atoms with Gasteiger partial charge >= 0.3 is 12.1 Å². The third kappa shape index (κ3) is 14.0. The monoisotopic (exact) mass is 967 g/mol. The second-order valence-electron chi connectivity index (χ2n) is 16.8. The summed E-state index contributed by atoms with van der Waals surface area (Å²) in [5, 5.41) is 9.16. The third-order valence-electron chi connectivity index (χ3n) is 11.7. The van der Waals surface area contributed by atoms with Gasteiger partial charge in [0, 0.05) is 54.4 Å². The Hall–Kier alpha value is -4.02. The number of unbranched alkanes of at least 4 members (excludes halogenated alkanes) is 5. The van der Waals surface area contributed by atoms with Crippen molar-refractivity contribution in [1.29, 1.82) is 0 Å². The van der Waals surface area contributed by atoms with E-state index < -0.39 is 87.8 Å². The molecule has 13 nitrogen and oxygen atoms in total. The Kier molecular flexibility index (Phi) is 17.3. The van der Waals surface area contributed by atoms with E-state index in [4.69, 9.17) is 5.11 Å². The Labute approximate surface area is 371 Å². The number of halogens is 5. The van der Waals surface area contributed by atoms with Gasteiger partial charge in [-0.05, 0) is 95.1 Å². The van der Waals surface area contributed by atoms with Crippen molar-refractivity contribution in [3.05, 3.63) is 94.2 Å². The summed E-state index contributed by atoms with van der Waals surface area (Å²) in [5.74, 6) is -4.46. The molecule has 2 unspecified atom stereocenters. The molecule has 4 N–H and O–H groups in total. The molecule has 0 fully saturated rings. The number of nitrogens with zero attached hydrogens (tertiary/aromatic N) is 2. The largest absolute Gasteiger partial charge is 0.481 e. The zero-order valence-electron chi connectivity index (χ0n) is 35.9. The number of carbonyl (C=O) groups is 1. The summed E-state index contributed by atoms with van der Waals surface area (Å²) in [7, 11) is -12.9. The minimum absolute atomic E-state index is 0.000608. The molecule has 4 rings (SSSR count). The highest BCUT2D eigenvalue weighted by Gasteiger charge is 2.51. The highest BCUT2D eigenvalue weighted by molar-refractivity contribution is 7.86. The summed E-state index contributed by atoms with van der Waals surface area (Å²) in [6.45, 7) is 5.01. The number of carboxylic acids is 1. The van der Waals surface area contributed by atoms with Crippen LogP contribution >= 0.6 is 0 Å². The molecule has 0 spiro atoms. The van der Waals surface area contributed by atoms with Crippen molar-refractivity contribution in [3.63, 3.8) is 0 Å². The Bertz CT molecular complexity index is 2520. The van der Waals surface area contributed by atoms with Crippen LogP contribution < -0.4 is 4.90 Å². The van der Waals surface area contributed by atoms with Gasteiger partial charge in [0.1, 0.15) is 18.2 Å². The van der Waals surface area contributed by atoms with Gasteiger partial charge in [0.2, 0.25) is 5.69 Å². The van der Waals surface area contributed by atoms with Crippen molar-refractivity contribution in [2.75, 3.05) is 35.2 Å². The van der Waals surface area contributed by atoms with Crippen LogP contribution in [0.5, 0.6) is 0 Å². The maximum absolute atomic E-state index is 15.8. The number of hydrogen-bond acceptors (Lipinski definition) is 8. The minimum atomic E-state index is -4.76. The van der Waals surface area contributed by atoms with Gasteiger partial charge in [0.15, 0.2) is 5.71 Å². The summed E-state index contributed by atoms with van der Waals surface area (Å²) < 4.78 is 174. The van der Waals surface area contributed by atoms with Gasteiger partial charge in [-0.2, -0.15) is 43.0 Å². The normalized spacial score (nSPS) is 20.0. The molecule has 0 saturated heterocycles. The molecule has 0 radical (unpaired) electrons. The first-order valence-corrected chi connectivity index (χ1v) is 25.7. The predicted octanol–water partition coefficient (Wildman–Crippen LogP) is 8.85. The van der Waals surface area contributed by atoms with E-state index in [-0.39, 0.29) is 93.4 Å². The quantitative estimate of drug-likeness (QED) is 0.0256. The number of benzene rings is 2. The highest BCUT2D eigenvalue weighted by Crippen LogP contribution is 2.55. The van der Waals surface area contributed by atoms with E-state index >= 15 is 4.39 Å². The van der Waals surface area contributed by atoms with E-state index in [9.17, 15) is 61.3 Å². The smallest absolute Gasteiger partial charge is 0.416 e. The molecule has 0 bridgehead atoms. The summed E-state index contributed by atoms with van der Waals surface area (Å²) in [5.41, 5.74) is -1.62. The first-order chi connectivity index (χ1) is 29.6. The van der Waals surface area contributed by atoms with Crippen LogP contribution in [0.2, 0.25) is 0 Å². The van der Waals surface area contributed by atoms with Gasteiger partial charge in [-0.25, -0.2) is 8.78 Å². The molecule has 0 saturated carbocycles. The van der Waals surface area contributed by atoms with E-state index in [2.05, 4.69) is 0 Å². The van der Waals surface area contributed by atoms with Crippen LogP contribution in [0.25, 0.3) is 0 Å². The van der Waals surface area contributed by atoms with Gasteiger partial charge in [0.05, 0.1) is 33.8 Å². The van der Waals surface area contributed by atoms with E-state index in [0.29, 0.717) is 42.3 Å². The number of alkyl halides is 3. The lowest BCUT2D eigenvalue weighted by molar-refractivity contribution is -0.438. The van der Waals surface area contributed by atoms with E-state index in [1.807, 2.05) is 0 Å². The van der Waals surface area contributed by atoms with Crippen LogP contribution in [0, 0.1) is 18.6 Å². The van der Waals surface area contributed by atoms with Crippen molar-refractivity contribution in [1.82, 2.24) is 0 Å². The lowest BCUT2D eigenvalue weighted by atomic mass is 9.74. The number of hydrogen-bond donors (Lipinski definition) is 4. The fourth-order valence-electron chi connectivity index (χ4n) is 8.91. The number of carboxylic acid groups (broad SMARTS) is 1. The van der Waals surface area contributed by atoms with Gasteiger partial charge in [0.25, 0.3) is 30.4 Å². The highest BCUT2D eigenvalue weighted by atomic mass is 32.2. The van der Waals surface area contributed by atoms with Crippen molar-refractivity contribution in [3.8, 4) is 0 Å². The zero-order valence-corrected chi connectivity index (χ0v) is 38.3. The van der Waals surface area contributed by atoms with Gasteiger partial charge in [-0.15, -0.1) is 0 Å². The van der Waals surface area contributed by atoms with E-state index in [0.717, 1.165) is 12.1 Å². The summed E-state index contributed by atoms with van der Waals surface area (Å²) in [6, 6.07) is 4.53. The first-order valence-electron chi connectivity index (χ1n) is 20.8. The molecule has 2 atom stereocenters. The number of allylic oxidation sites excluding steroid dienone is 6. The van der Waals surface area contributed by atoms with Crippen LogP contribution in [0.15, 0.2) is 60.3 Å². The van der Waals surface area contributed by atoms with Crippen molar-refractivity contribution < 1.29 is 75.3 Å². The topological polar surface area (TPSA) is 207 Å². The number of fused-ring (bicyclic) bond motifs is 2. The molecular weight excluding hydrogens is 912 g/mol. The number of aliphatic carboxylic acids is 1. The molecule has 0 aromatic heterocycles. The maximum Gasteiger partial charge on any atom is 0.416 e. The van der Waals surface area contributed by atoms with Crippen molar-refractivity contribution >= 4 is 53.4 Å². The SMILES string of the molecule is Cc1cc2c(c(C(F)(F)F)c1)C(C)(CCCCCC(=O)O)\C(=C/C=C/C=C/C1=[N+](CCCCS(=O)(=O)O)c3cc(F)cc(F)c3C1(C)CCCCS(=O)(=O)O)N2CCCCS(=O)(=O)O. The average molecular weight is 968 g/mol. The Morgan fingerprint density at radius 3 is 1.91 bits per heavy atom. The van der Waals surface area contributed by atoms with Gasteiger partial charge < -0.3 is 10.0 Å². The molecule has 356 valence electrons. The van der Waals surface area contributed by atoms with E-state index in [1.54, 1.807) is 59.8 Å². The molecule has 0 aliphatic carbocycles. The summed E-state index contributed by atoms with van der Waals surface area (Å²) in [6.07, 6.45) is 4.99. The van der Waals surface area contributed by atoms with Gasteiger partial charge in [-0.1, -0.05) is 37.5 Å². The Balaban J connectivity index is 1.84. The molecule has 2 heterocycles. The zero-order chi connectivity index (χ0) is 47.9. The average Bonchev–Trinajstić information content (AvgIpc) is 3.51. The standard InChI is InChI=1S/C43H55F5N2O11S3/c1-30-26-32(43(46,47)48)39-34(27-30)49(21-11-14-24-63(56,57)58)36(41(39,2)19-9-5-8-18-38(51)52)16-6-4-7-17-37-42(3,20-10-13-23-62(53,54)55)40-33(45)28-31(44)29-35(40)50(37)22-12-15-25-64(59,60)61/h4,6-7,16-17,26-29H,5,8-15,18-25H2,1-3H3,(H3-,51,52,53,54,55,56,57,58,59,60,61)/p+1. The summed E-state index contributed by atoms with van der Waals surface area (Å²) >= 11 is 0. The van der Waals surface area contributed by atoms with Crippen LogP contribution in [0.1, 0.15) is 113 Å². The lowest BCUT2D eigenvalue weighted by Crippen LogP contribution is -2.32. The Morgan fingerprint density at radius 2 is 1.31 bits per heavy atom. The van der Waals surface area contributed by atoms with Gasteiger partial charge in [-0.3, -0.25) is 18.5 Å². The molecule has 2 aliphatic heterocycles. The lowest BCUT2D eigenvalue weighted by Gasteiger charge is -2.31. The summed E-state index contributed by atoms with van der Waals surface area (Å²) in [4.78, 5) is 12.9. The fraction of sp³-hybridized carbons (Fsp3) is 0.535. The molecular formula is C43H56F5N2O11S3+.